The highest BCUT2D eigenvalue weighted by Gasteiger charge is 2.26. The molecule has 10 heteroatoms. The van der Waals surface area contributed by atoms with Gasteiger partial charge in [-0.05, 0) is 53.4 Å². The van der Waals surface area contributed by atoms with E-state index in [1.807, 2.05) is 0 Å². The quantitative estimate of drug-likeness (QED) is 0.527. The summed E-state index contributed by atoms with van der Waals surface area (Å²) in [5.41, 5.74) is 0.558. The monoisotopic (exact) mass is 466 g/mol. The number of ether oxygens (including phenoxy) is 2. The molecular weight excluding hydrogens is 448 g/mol. The molecule has 158 valence electrons. The Bertz CT molecular complexity index is 1370. The highest BCUT2D eigenvalue weighted by atomic mass is 32.3. The van der Waals surface area contributed by atoms with Crippen LogP contribution in [0.15, 0.2) is 63.6 Å². The van der Waals surface area contributed by atoms with Crippen molar-refractivity contribution in [1.82, 2.24) is 0 Å². The van der Waals surface area contributed by atoms with E-state index in [1.165, 1.54) is 26.4 Å². The van der Waals surface area contributed by atoms with Crippen LogP contribution in [0.4, 0.5) is 0 Å². The summed E-state index contributed by atoms with van der Waals surface area (Å²) in [7, 11) is -5.51. The lowest BCUT2D eigenvalue weighted by molar-refractivity contribution is 0.415. The topological polar surface area (TPSA) is 104 Å². The molecule has 0 unspecified atom stereocenters. The number of sulfone groups is 2. The summed E-state index contributed by atoms with van der Waals surface area (Å²) in [5.74, 6) is 1.13. The Kier molecular flexibility index (Phi) is 6.30. The molecule has 0 aliphatic rings. The van der Waals surface area contributed by atoms with Crippen LogP contribution in [-0.4, -0.2) is 36.1 Å². The zero-order chi connectivity index (χ0) is 21.9. The van der Waals surface area contributed by atoms with Crippen molar-refractivity contribution in [3.05, 3.63) is 69.0 Å². The molecule has 0 aliphatic carbocycles. The lowest BCUT2D eigenvalue weighted by Gasteiger charge is -2.06. The van der Waals surface area contributed by atoms with Crippen molar-refractivity contribution < 1.29 is 26.3 Å². The first-order chi connectivity index (χ1) is 14.1. The van der Waals surface area contributed by atoms with Crippen LogP contribution >= 0.6 is 11.3 Å². The molecule has 0 saturated carbocycles. The van der Waals surface area contributed by atoms with Crippen LogP contribution in [-0.2, 0) is 19.7 Å². The summed E-state index contributed by atoms with van der Waals surface area (Å²) in [4.78, 5) is 11.8. The van der Waals surface area contributed by atoms with Gasteiger partial charge in [-0.3, -0.25) is 4.79 Å². The summed E-state index contributed by atoms with van der Waals surface area (Å²) in [5, 5.41) is 0.132. The third kappa shape index (κ3) is 5.07. The molecule has 0 bridgehead atoms. The van der Waals surface area contributed by atoms with E-state index in [0.717, 1.165) is 16.7 Å². The van der Waals surface area contributed by atoms with Gasteiger partial charge in [-0.25, -0.2) is 16.8 Å². The number of benzene rings is 2. The lowest BCUT2D eigenvalue weighted by Crippen LogP contribution is -2.20. The molecule has 0 amide bonds. The second-order valence-corrected chi connectivity index (χ2v) is 11.5. The second kappa shape index (κ2) is 8.58. The maximum absolute atomic E-state index is 12.7. The van der Waals surface area contributed by atoms with Gasteiger partial charge < -0.3 is 9.47 Å². The van der Waals surface area contributed by atoms with Crippen molar-refractivity contribution in [1.29, 1.82) is 0 Å². The van der Waals surface area contributed by atoms with Crippen molar-refractivity contribution in [3.63, 3.8) is 0 Å². The largest absolute Gasteiger partial charge is 0.497 e. The fourth-order valence-electron chi connectivity index (χ4n) is 2.63. The van der Waals surface area contributed by atoms with Crippen LogP contribution in [0.2, 0.25) is 0 Å². The summed E-state index contributed by atoms with van der Waals surface area (Å²) in [6.07, 6.45) is 1.29. The average molecular weight is 467 g/mol. The van der Waals surface area contributed by atoms with Crippen molar-refractivity contribution in [2.75, 3.05) is 19.3 Å². The number of hydrogen-bond donors (Lipinski definition) is 0. The molecular formula is C20H18O7S3. The van der Waals surface area contributed by atoms with Crippen molar-refractivity contribution in [2.45, 2.75) is 4.90 Å². The molecule has 0 saturated heterocycles. The zero-order valence-electron chi connectivity index (χ0n) is 16.1. The van der Waals surface area contributed by atoms with Gasteiger partial charge in [0, 0.05) is 10.1 Å². The van der Waals surface area contributed by atoms with E-state index in [-0.39, 0.29) is 0 Å². The minimum atomic E-state index is -4.36. The van der Waals surface area contributed by atoms with Crippen LogP contribution in [0.1, 0.15) is 5.56 Å². The first-order valence-corrected chi connectivity index (χ1v) is 12.7. The van der Waals surface area contributed by atoms with Crippen molar-refractivity contribution in [3.8, 4) is 11.5 Å². The predicted molar refractivity (Wildman–Crippen MR) is 118 cm³/mol. The van der Waals surface area contributed by atoms with Gasteiger partial charge in [-0.15, -0.1) is 0 Å². The average Bonchev–Trinajstić information content (AvgIpc) is 2.70. The Morgan fingerprint density at radius 1 is 0.900 bits per heavy atom. The molecule has 0 spiro atoms. The van der Waals surface area contributed by atoms with E-state index in [0.29, 0.717) is 27.1 Å². The molecule has 0 N–H and O–H groups in total. The fourth-order valence-corrected chi connectivity index (χ4v) is 7.39. The van der Waals surface area contributed by atoms with E-state index >= 15 is 0 Å². The van der Waals surface area contributed by atoms with E-state index < -0.39 is 34.4 Å². The SMILES string of the molecule is COc1ccc(/C=C/S(=O)(=O)CS(=O)(=O)c2cc3ccc(OC)cc3sc2=O)cc1. The summed E-state index contributed by atoms with van der Waals surface area (Å²) < 4.78 is 60.0. The van der Waals surface area contributed by atoms with Gasteiger partial charge in [0.2, 0.25) is 0 Å². The van der Waals surface area contributed by atoms with Crippen LogP contribution in [0.5, 0.6) is 11.5 Å². The molecule has 3 aromatic rings. The highest BCUT2D eigenvalue weighted by molar-refractivity contribution is 8.09. The van der Waals surface area contributed by atoms with Crippen molar-refractivity contribution in [2.24, 2.45) is 0 Å². The molecule has 30 heavy (non-hydrogen) atoms. The van der Waals surface area contributed by atoms with Crippen LogP contribution in [0, 0.1) is 0 Å². The molecule has 0 aliphatic heterocycles. The van der Waals surface area contributed by atoms with Gasteiger partial charge in [-0.1, -0.05) is 23.5 Å². The molecule has 0 radical (unpaired) electrons. The van der Waals surface area contributed by atoms with E-state index in [1.54, 1.807) is 42.5 Å². The first kappa shape index (κ1) is 22.0. The van der Waals surface area contributed by atoms with Crippen LogP contribution in [0.25, 0.3) is 16.2 Å². The third-order valence-corrected chi connectivity index (χ3v) is 9.34. The Labute approximate surface area is 178 Å². The van der Waals surface area contributed by atoms with Gasteiger partial charge in [0.05, 0.1) is 14.2 Å². The summed E-state index contributed by atoms with van der Waals surface area (Å²) >= 11 is 0.725. The van der Waals surface area contributed by atoms with Gasteiger partial charge >= 0.3 is 0 Å². The number of methoxy groups -OCH3 is 2. The van der Waals surface area contributed by atoms with Gasteiger partial charge in [0.1, 0.15) is 16.4 Å². The summed E-state index contributed by atoms with van der Waals surface area (Å²) in [6.45, 7) is 0. The highest BCUT2D eigenvalue weighted by Crippen LogP contribution is 2.25. The normalized spacial score (nSPS) is 12.3. The molecule has 1 heterocycles. The minimum absolute atomic E-state index is 0.505. The number of hydrogen-bond acceptors (Lipinski definition) is 8. The first-order valence-electron chi connectivity index (χ1n) is 8.53. The smallest absolute Gasteiger partial charge is 0.251 e. The van der Waals surface area contributed by atoms with E-state index in [2.05, 4.69) is 0 Å². The van der Waals surface area contributed by atoms with Crippen LogP contribution in [0.3, 0.4) is 0 Å². The molecule has 2 aromatic carbocycles. The fraction of sp³-hybridized carbons (Fsp3) is 0.150. The van der Waals surface area contributed by atoms with E-state index in [9.17, 15) is 21.6 Å². The molecule has 7 nitrogen and oxygen atoms in total. The maximum atomic E-state index is 12.7. The molecule has 1 aromatic heterocycles. The summed E-state index contributed by atoms with van der Waals surface area (Å²) in [6, 6.07) is 12.6. The predicted octanol–water partition coefficient (Wildman–Crippen LogP) is 3.10. The van der Waals surface area contributed by atoms with Gasteiger partial charge in [-0.2, -0.15) is 0 Å². The van der Waals surface area contributed by atoms with E-state index in [4.69, 9.17) is 9.47 Å². The lowest BCUT2D eigenvalue weighted by atomic mass is 10.2. The zero-order valence-corrected chi connectivity index (χ0v) is 18.5. The van der Waals surface area contributed by atoms with Gasteiger partial charge in [0.15, 0.2) is 24.8 Å². The molecule has 0 atom stereocenters. The Morgan fingerprint density at radius 2 is 1.53 bits per heavy atom. The maximum Gasteiger partial charge on any atom is 0.251 e. The Balaban J connectivity index is 1.90. The minimum Gasteiger partial charge on any atom is -0.497 e. The van der Waals surface area contributed by atoms with Crippen LogP contribution < -0.4 is 14.2 Å². The molecule has 0 fully saturated rings. The standard InChI is InChI=1S/C20H18O7S3/c1-26-16-6-3-14(4-7-16)9-10-29(22,23)13-30(24,25)19-11-15-5-8-17(27-2)12-18(15)28-20(19)21/h3-12H,13H2,1-2H3/b10-9+. The second-order valence-electron chi connectivity index (χ2n) is 6.27. The number of rotatable bonds is 7. The van der Waals surface area contributed by atoms with Gasteiger partial charge in [0.25, 0.3) is 4.74 Å². The number of fused-ring (bicyclic) bond motifs is 1. The molecule has 3 rings (SSSR count). The Morgan fingerprint density at radius 3 is 2.17 bits per heavy atom. The third-order valence-electron chi connectivity index (χ3n) is 4.15. The Hall–Kier alpha value is -2.69. The van der Waals surface area contributed by atoms with Crippen molar-refractivity contribution >= 4 is 47.2 Å².